The molecule has 2 fully saturated rings. The van der Waals surface area contributed by atoms with E-state index in [1.54, 1.807) is 12.1 Å². The molecule has 0 bridgehead atoms. The number of aromatic nitrogens is 2. The van der Waals surface area contributed by atoms with Gasteiger partial charge in [-0.25, -0.2) is 14.4 Å². The molecule has 1 saturated carbocycles. The van der Waals surface area contributed by atoms with E-state index in [-0.39, 0.29) is 29.4 Å². The predicted octanol–water partition coefficient (Wildman–Crippen LogP) is 1.98. The van der Waals surface area contributed by atoms with E-state index in [0.29, 0.717) is 43.5 Å². The van der Waals surface area contributed by atoms with Gasteiger partial charge in [-0.05, 0) is 31.0 Å². The van der Waals surface area contributed by atoms with Crippen LogP contribution in [0.1, 0.15) is 36.2 Å². The predicted molar refractivity (Wildman–Crippen MR) is 117 cm³/mol. The molecule has 6 N–H and O–H groups in total. The molecular weight excluding hydrogens is 401 g/mol. The van der Waals surface area contributed by atoms with Crippen molar-refractivity contribution in [1.29, 1.82) is 0 Å². The van der Waals surface area contributed by atoms with Gasteiger partial charge in [-0.1, -0.05) is 12.8 Å². The average Bonchev–Trinajstić information content (AvgIpc) is 2.76. The molecule has 1 aromatic heterocycles. The van der Waals surface area contributed by atoms with E-state index in [1.165, 1.54) is 12.3 Å². The van der Waals surface area contributed by atoms with Gasteiger partial charge >= 0.3 is 0 Å². The first kappa shape index (κ1) is 21.3. The lowest BCUT2D eigenvalue weighted by atomic mass is 9.91. The van der Waals surface area contributed by atoms with Crippen molar-refractivity contribution >= 4 is 28.9 Å². The third-order valence-corrected chi connectivity index (χ3v) is 5.72. The van der Waals surface area contributed by atoms with Gasteiger partial charge in [0.1, 0.15) is 11.6 Å². The zero-order valence-electron chi connectivity index (χ0n) is 17.3. The largest absolute Gasteiger partial charge is 0.378 e. The highest BCUT2D eigenvalue weighted by molar-refractivity contribution is 5.96. The first-order chi connectivity index (χ1) is 15.0. The summed E-state index contributed by atoms with van der Waals surface area (Å²) >= 11 is 0. The van der Waals surface area contributed by atoms with E-state index >= 15 is 0 Å². The highest BCUT2D eigenvalue weighted by Crippen LogP contribution is 2.27. The summed E-state index contributed by atoms with van der Waals surface area (Å²) in [6.45, 7) is 2.42. The van der Waals surface area contributed by atoms with Crippen molar-refractivity contribution in [3.8, 4) is 0 Å². The van der Waals surface area contributed by atoms with Gasteiger partial charge < -0.3 is 31.7 Å². The van der Waals surface area contributed by atoms with Gasteiger partial charge in [0.15, 0.2) is 11.5 Å². The minimum atomic E-state index is -0.721. The SMILES string of the molecule is NC(=O)c1ncc(N[C@@H]2CCCC[C@@H]2N)nc1Nc1ccc(N2CCOCC2)c(F)c1. The Morgan fingerprint density at radius 1 is 1.23 bits per heavy atom. The number of amides is 1. The van der Waals surface area contributed by atoms with E-state index in [4.69, 9.17) is 16.2 Å². The lowest BCUT2D eigenvalue weighted by molar-refractivity contribution is 0.0996. The Morgan fingerprint density at radius 2 is 2.00 bits per heavy atom. The van der Waals surface area contributed by atoms with Crippen LogP contribution in [0.4, 0.5) is 27.4 Å². The van der Waals surface area contributed by atoms with Crippen LogP contribution in [0.15, 0.2) is 24.4 Å². The zero-order chi connectivity index (χ0) is 21.8. The zero-order valence-corrected chi connectivity index (χ0v) is 17.3. The van der Waals surface area contributed by atoms with Crippen molar-refractivity contribution in [2.45, 2.75) is 37.8 Å². The first-order valence-electron chi connectivity index (χ1n) is 10.6. The second-order valence-electron chi connectivity index (χ2n) is 7.91. The standard InChI is InChI=1S/C21H28FN7O2/c22-14-11-13(5-6-17(14)29-7-9-31-10-8-29)26-21-19(20(24)30)25-12-18(28-21)27-16-4-2-1-3-15(16)23/h5-6,11-12,15-16H,1-4,7-10,23H2,(H2,24,30)(H2,26,27,28)/t15-,16+/m0/s1. The molecule has 1 aliphatic carbocycles. The molecule has 0 radical (unpaired) electrons. The smallest absolute Gasteiger partial charge is 0.271 e. The van der Waals surface area contributed by atoms with Crippen LogP contribution in [-0.2, 0) is 4.74 Å². The van der Waals surface area contributed by atoms with E-state index in [1.807, 2.05) is 4.90 Å². The molecule has 2 aromatic rings. The van der Waals surface area contributed by atoms with Crippen LogP contribution in [-0.4, -0.2) is 54.3 Å². The lowest BCUT2D eigenvalue weighted by Crippen LogP contribution is -2.42. The maximum absolute atomic E-state index is 14.8. The number of rotatable bonds is 6. The number of nitrogens with two attached hydrogens (primary N) is 2. The number of benzene rings is 1. The monoisotopic (exact) mass is 429 g/mol. The maximum Gasteiger partial charge on any atom is 0.271 e. The molecule has 10 heteroatoms. The summed E-state index contributed by atoms with van der Waals surface area (Å²) < 4.78 is 20.1. The minimum Gasteiger partial charge on any atom is -0.378 e. The number of nitrogens with zero attached hydrogens (tertiary/aromatic N) is 3. The fourth-order valence-electron chi connectivity index (χ4n) is 4.04. The van der Waals surface area contributed by atoms with Gasteiger partial charge in [-0.2, -0.15) is 0 Å². The minimum absolute atomic E-state index is 0.0174. The molecule has 1 saturated heterocycles. The topological polar surface area (TPSA) is 131 Å². The molecular formula is C21H28FN7O2. The van der Waals surface area contributed by atoms with Gasteiger partial charge in [0.25, 0.3) is 5.91 Å². The van der Waals surface area contributed by atoms with Gasteiger partial charge in [0.2, 0.25) is 0 Å². The summed E-state index contributed by atoms with van der Waals surface area (Å²) in [7, 11) is 0. The Labute approximate surface area is 180 Å². The van der Waals surface area contributed by atoms with Crippen LogP contribution in [0.3, 0.4) is 0 Å². The summed E-state index contributed by atoms with van der Waals surface area (Å²) in [6.07, 6.45) is 5.57. The number of carbonyl (C=O) groups excluding carboxylic acids is 1. The fourth-order valence-corrected chi connectivity index (χ4v) is 4.04. The molecule has 9 nitrogen and oxygen atoms in total. The molecule has 2 atom stereocenters. The number of ether oxygens (including phenoxy) is 1. The Bertz CT molecular complexity index is 936. The van der Waals surface area contributed by atoms with E-state index < -0.39 is 5.91 Å². The third kappa shape index (κ3) is 5.02. The van der Waals surface area contributed by atoms with Crippen LogP contribution >= 0.6 is 0 Å². The van der Waals surface area contributed by atoms with Crippen LogP contribution in [0.25, 0.3) is 0 Å². The van der Waals surface area contributed by atoms with Crippen molar-refractivity contribution in [2.24, 2.45) is 11.5 Å². The van der Waals surface area contributed by atoms with Crippen molar-refractivity contribution in [3.05, 3.63) is 35.9 Å². The molecule has 0 unspecified atom stereocenters. The Hall–Kier alpha value is -2.98. The first-order valence-corrected chi connectivity index (χ1v) is 10.6. The Morgan fingerprint density at radius 3 is 2.71 bits per heavy atom. The number of nitrogens with one attached hydrogen (secondary N) is 2. The van der Waals surface area contributed by atoms with Gasteiger partial charge in [-0.3, -0.25) is 4.79 Å². The van der Waals surface area contributed by atoms with Crippen molar-refractivity contribution in [1.82, 2.24) is 9.97 Å². The maximum atomic E-state index is 14.8. The quantitative estimate of drug-likeness (QED) is 0.548. The van der Waals surface area contributed by atoms with Crippen LogP contribution in [0.2, 0.25) is 0 Å². The van der Waals surface area contributed by atoms with Crippen LogP contribution < -0.4 is 27.0 Å². The fraction of sp³-hybridized carbons (Fsp3) is 0.476. The average molecular weight is 430 g/mol. The molecule has 4 rings (SSSR count). The second kappa shape index (κ2) is 9.44. The number of morpholine rings is 1. The molecule has 2 aliphatic rings. The molecule has 0 spiro atoms. The Balaban J connectivity index is 1.54. The highest BCUT2D eigenvalue weighted by atomic mass is 19.1. The molecule has 1 aromatic carbocycles. The molecule has 1 amide bonds. The summed E-state index contributed by atoms with van der Waals surface area (Å²) in [5.41, 5.74) is 12.6. The number of primary amides is 1. The molecule has 1 aliphatic heterocycles. The van der Waals surface area contributed by atoms with Gasteiger partial charge in [0, 0.05) is 30.9 Å². The van der Waals surface area contributed by atoms with E-state index in [2.05, 4.69) is 20.6 Å². The highest BCUT2D eigenvalue weighted by Gasteiger charge is 2.23. The summed E-state index contributed by atoms with van der Waals surface area (Å²) in [5, 5.41) is 6.29. The second-order valence-corrected chi connectivity index (χ2v) is 7.91. The van der Waals surface area contributed by atoms with Gasteiger partial charge in [0.05, 0.1) is 25.1 Å². The van der Waals surface area contributed by atoms with E-state index in [0.717, 1.165) is 25.7 Å². The normalized spacial score (nSPS) is 21.5. The van der Waals surface area contributed by atoms with Gasteiger partial charge in [-0.15, -0.1) is 0 Å². The summed E-state index contributed by atoms with van der Waals surface area (Å²) in [5.74, 6) is -0.440. The number of carbonyl (C=O) groups is 1. The van der Waals surface area contributed by atoms with Crippen molar-refractivity contribution in [2.75, 3.05) is 41.8 Å². The summed E-state index contributed by atoms with van der Waals surface area (Å²) in [4.78, 5) is 22.4. The number of halogens is 1. The van der Waals surface area contributed by atoms with Crippen molar-refractivity contribution in [3.63, 3.8) is 0 Å². The number of hydrogen-bond donors (Lipinski definition) is 4. The van der Waals surface area contributed by atoms with Crippen molar-refractivity contribution < 1.29 is 13.9 Å². The number of anilines is 4. The molecule has 166 valence electrons. The van der Waals surface area contributed by atoms with Crippen LogP contribution in [0, 0.1) is 5.82 Å². The Kier molecular flexibility index (Phi) is 6.47. The number of hydrogen-bond acceptors (Lipinski definition) is 8. The lowest BCUT2D eigenvalue weighted by Gasteiger charge is -2.29. The van der Waals surface area contributed by atoms with Crippen LogP contribution in [0.5, 0.6) is 0 Å². The third-order valence-electron chi connectivity index (χ3n) is 5.72. The molecule has 31 heavy (non-hydrogen) atoms. The molecule has 2 heterocycles. The van der Waals surface area contributed by atoms with E-state index in [9.17, 15) is 9.18 Å². The summed E-state index contributed by atoms with van der Waals surface area (Å²) in [6, 6.07) is 4.92.